The van der Waals surface area contributed by atoms with E-state index in [4.69, 9.17) is 0 Å². The molecular weight excluding hydrogens is 346 g/mol. The molecule has 0 saturated carbocycles. The summed E-state index contributed by atoms with van der Waals surface area (Å²) >= 11 is 0.673. The summed E-state index contributed by atoms with van der Waals surface area (Å²) in [6.07, 6.45) is -9.32. The smallest absolute Gasteiger partial charge is 0.391 e. The minimum absolute atomic E-state index is 0.0702. The zero-order valence-corrected chi connectivity index (χ0v) is 12.4. The molecule has 0 atom stereocenters. The number of aromatic nitrogens is 2. The quantitative estimate of drug-likeness (QED) is 0.842. The second kappa shape index (κ2) is 6.08. The van der Waals surface area contributed by atoms with Crippen LogP contribution in [-0.2, 0) is 26.0 Å². The van der Waals surface area contributed by atoms with E-state index in [-0.39, 0.29) is 9.92 Å². The summed E-state index contributed by atoms with van der Waals surface area (Å²) in [5.74, 6) is 0. The normalized spacial score (nSPS) is 12.7. The monoisotopic (exact) mass is 356 g/mol. The van der Waals surface area contributed by atoms with Crippen molar-refractivity contribution in [2.24, 2.45) is 7.05 Å². The molecule has 0 spiro atoms. The fourth-order valence-electron chi connectivity index (χ4n) is 1.90. The van der Waals surface area contributed by atoms with Gasteiger partial charge in [0.15, 0.2) is 5.69 Å². The maximum Gasteiger partial charge on any atom is 0.435 e. The van der Waals surface area contributed by atoms with Gasteiger partial charge in [-0.25, -0.2) is 0 Å². The van der Waals surface area contributed by atoms with Crippen molar-refractivity contribution >= 4 is 11.8 Å². The Morgan fingerprint density at radius 1 is 1.13 bits per heavy atom. The van der Waals surface area contributed by atoms with Crippen molar-refractivity contribution in [2.45, 2.75) is 28.9 Å². The third-order valence-corrected chi connectivity index (χ3v) is 4.08. The summed E-state index contributed by atoms with van der Waals surface area (Å²) in [6, 6.07) is 4.18. The van der Waals surface area contributed by atoms with Gasteiger partial charge in [-0.1, -0.05) is 17.8 Å². The number of nitrogens with zero attached hydrogens (tertiary/aromatic N) is 2. The van der Waals surface area contributed by atoms with E-state index in [1.165, 1.54) is 13.1 Å². The topological polar surface area (TPSA) is 38.0 Å². The lowest BCUT2D eigenvalue weighted by molar-refractivity contribution is -0.142. The zero-order chi connectivity index (χ0) is 17.4. The minimum atomic E-state index is -4.76. The van der Waals surface area contributed by atoms with Crippen LogP contribution in [0.1, 0.15) is 16.8 Å². The molecule has 126 valence electrons. The van der Waals surface area contributed by atoms with Gasteiger partial charge in [-0.05, 0) is 18.2 Å². The maximum atomic E-state index is 12.8. The van der Waals surface area contributed by atoms with E-state index < -0.39 is 35.8 Å². The molecule has 1 aromatic carbocycles. The van der Waals surface area contributed by atoms with Gasteiger partial charge in [-0.3, -0.25) is 4.68 Å². The number of halogens is 6. The highest BCUT2D eigenvalue weighted by atomic mass is 32.2. The van der Waals surface area contributed by atoms with Crippen molar-refractivity contribution in [3.63, 3.8) is 0 Å². The van der Waals surface area contributed by atoms with Gasteiger partial charge in [0.1, 0.15) is 5.03 Å². The Morgan fingerprint density at radius 2 is 1.78 bits per heavy atom. The number of benzene rings is 1. The Balaban J connectivity index is 2.43. The zero-order valence-electron chi connectivity index (χ0n) is 11.5. The van der Waals surface area contributed by atoms with Crippen LogP contribution in [0.2, 0.25) is 0 Å². The van der Waals surface area contributed by atoms with E-state index in [0.29, 0.717) is 11.8 Å². The number of aliphatic hydroxyl groups is 1. The first-order valence-electron chi connectivity index (χ1n) is 6.13. The average molecular weight is 356 g/mol. The van der Waals surface area contributed by atoms with Gasteiger partial charge in [0.25, 0.3) is 0 Å². The summed E-state index contributed by atoms with van der Waals surface area (Å²) < 4.78 is 77.4. The van der Waals surface area contributed by atoms with Gasteiger partial charge < -0.3 is 5.11 Å². The highest BCUT2D eigenvalue weighted by Crippen LogP contribution is 2.39. The van der Waals surface area contributed by atoms with Crippen LogP contribution in [0.5, 0.6) is 0 Å². The Kier molecular flexibility index (Phi) is 4.67. The molecule has 0 bridgehead atoms. The van der Waals surface area contributed by atoms with Crippen LogP contribution < -0.4 is 0 Å². The molecule has 3 nitrogen and oxygen atoms in total. The average Bonchev–Trinajstić information content (AvgIpc) is 2.75. The van der Waals surface area contributed by atoms with E-state index in [1.54, 1.807) is 0 Å². The first kappa shape index (κ1) is 17.7. The van der Waals surface area contributed by atoms with E-state index in [9.17, 15) is 31.4 Å². The lowest BCUT2D eigenvalue weighted by Crippen LogP contribution is -2.09. The summed E-state index contributed by atoms with van der Waals surface area (Å²) in [4.78, 5) is 0.0891. The molecule has 2 rings (SSSR count). The molecule has 0 fully saturated rings. The Bertz CT molecular complexity index is 707. The van der Waals surface area contributed by atoms with Crippen molar-refractivity contribution in [2.75, 3.05) is 0 Å². The van der Waals surface area contributed by atoms with Gasteiger partial charge >= 0.3 is 12.4 Å². The first-order chi connectivity index (χ1) is 10.5. The van der Waals surface area contributed by atoms with Gasteiger partial charge in [0.05, 0.1) is 12.2 Å². The fraction of sp³-hybridized carbons (Fsp3) is 0.308. The molecule has 23 heavy (non-hydrogen) atoms. The second-order valence-corrected chi connectivity index (χ2v) is 5.60. The van der Waals surface area contributed by atoms with Crippen LogP contribution in [0.3, 0.4) is 0 Å². The number of alkyl halides is 6. The van der Waals surface area contributed by atoms with Gasteiger partial charge in [-0.15, -0.1) is 0 Å². The van der Waals surface area contributed by atoms with Gasteiger partial charge in [-0.2, -0.15) is 31.4 Å². The first-order valence-corrected chi connectivity index (χ1v) is 6.94. The van der Waals surface area contributed by atoms with E-state index >= 15 is 0 Å². The highest BCUT2D eigenvalue weighted by molar-refractivity contribution is 7.99. The lowest BCUT2D eigenvalue weighted by atomic mass is 10.2. The summed E-state index contributed by atoms with van der Waals surface area (Å²) in [7, 11) is 1.23. The molecule has 0 radical (unpaired) electrons. The Morgan fingerprint density at radius 3 is 2.30 bits per heavy atom. The number of hydrogen-bond acceptors (Lipinski definition) is 3. The van der Waals surface area contributed by atoms with Crippen LogP contribution in [0.4, 0.5) is 26.3 Å². The SMILES string of the molecule is Cn1nc(C(F)(F)F)c(CO)c1Sc1cccc(C(F)(F)F)c1. The summed E-state index contributed by atoms with van der Waals surface area (Å²) in [5.41, 5.74) is -2.63. The Hall–Kier alpha value is -1.68. The standard InChI is InChI=1S/C13H10F6N2OS/c1-21-11(9(6-22)10(20-21)13(17,18)19)23-8-4-2-3-7(5-8)12(14,15)16/h2-5,22H,6H2,1H3. The molecule has 0 unspecified atom stereocenters. The van der Waals surface area contributed by atoms with Crippen molar-refractivity contribution in [1.29, 1.82) is 0 Å². The molecular formula is C13H10F6N2OS. The third kappa shape index (κ3) is 3.81. The van der Waals surface area contributed by atoms with Crippen LogP contribution in [0.25, 0.3) is 0 Å². The molecule has 0 aliphatic carbocycles. The lowest BCUT2D eigenvalue weighted by Gasteiger charge is -2.09. The predicted octanol–water partition coefficient (Wildman–Crippen LogP) is 4.10. The molecule has 10 heteroatoms. The highest BCUT2D eigenvalue weighted by Gasteiger charge is 2.39. The van der Waals surface area contributed by atoms with Crippen molar-refractivity contribution < 1.29 is 31.4 Å². The summed E-state index contributed by atoms with van der Waals surface area (Å²) in [5, 5.41) is 12.4. The molecule has 1 N–H and O–H groups in total. The van der Waals surface area contributed by atoms with Gasteiger partial charge in [0.2, 0.25) is 0 Å². The molecule has 2 aromatic rings. The number of hydrogen-bond donors (Lipinski definition) is 1. The maximum absolute atomic E-state index is 12.8. The van der Waals surface area contributed by atoms with Crippen LogP contribution >= 0.6 is 11.8 Å². The minimum Gasteiger partial charge on any atom is -0.391 e. The van der Waals surface area contributed by atoms with E-state index in [1.807, 2.05) is 0 Å². The number of rotatable bonds is 3. The summed E-state index contributed by atoms with van der Waals surface area (Å²) in [6.45, 7) is -0.927. The molecule has 0 amide bonds. The van der Waals surface area contributed by atoms with Crippen LogP contribution in [-0.4, -0.2) is 14.9 Å². The third-order valence-electron chi connectivity index (χ3n) is 2.89. The predicted molar refractivity (Wildman–Crippen MR) is 69.7 cm³/mol. The van der Waals surface area contributed by atoms with Crippen molar-refractivity contribution in [3.8, 4) is 0 Å². The molecule has 0 saturated heterocycles. The largest absolute Gasteiger partial charge is 0.435 e. The molecule has 0 aliphatic heterocycles. The number of aliphatic hydroxyl groups excluding tert-OH is 1. The number of aryl methyl sites for hydroxylation is 1. The van der Waals surface area contributed by atoms with E-state index in [2.05, 4.69) is 5.10 Å². The van der Waals surface area contributed by atoms with Crippen LogP contribution in [0, 0.1) is 0 Å². The van der Waals surface area contributed by atoms with Crippen LogP contribution in [0.15, 0.2) is 34.2 Å². The van der Waals surface area contributed by atoms with Gasteiger partial charge in [0, 0.05) is 17.5 Å². The van der Waals surface area contributed by atoms with Crippen molar-refractivity contribution in [3.05, 3.63) is 41.1 Å². The molecule has 0 aliphatic rings. The van der Waals surface area contributed by atoms with Crippen molar-refractivity contribution in [1.82, 2.24) is 9.78 Å². The van der Waals surface area contributed by atoms with E-state index in [0.717, 1.165) is 22.9 Å². The second-order valence-electron chi connectivity index (χ2n) is 4.54. The molecule has 1 heterocycles. The fourth-order valence-corrected chi connectivity index (χ4v) is 2.91. The molecule has 1 aromatic heterocycles. The Labute approximate surface area is 130 Å².